The third-order valence-corrected chi connectivity index (χ3v) is 4.21. The maximum Gasteiger partial charge on any atom is 0.261 e. The molecule has 1 aromatic carbocycles. The first-order valence-electron chi connectivity index (χ1n) is 5.57. The minimum atomic E-state index is -3.75. The van der Waals surface area contributed by atoms with Crippen molar-refractivity contribution in [3.05, 3.63) is 52.8 Å². The molecule has 5 nitrogen and oxygen atoms in total. The standard InChI is InChI=1S/C13H10ClN3O2S/c1-9-6-11(4-5-16-9)17-20(18,19)12-3-2-10(8-15)13(14)7-12/h2-7H,1H3,(H,16,17). The van der Waals surface area contributed by atoms with E-state index >= 15 is 0 Å². The van der Waals surface area contributed by atoms with Gasteiger partial charge in [0.15, 0.2) is 0 Å². The fraction of sp³-hybridized carbons (Fsp3) is 0.0769. The van der Waals surface area contributed by atoms with Crippen LogP contribution in [0.4, 0.5) is 5.69 Å². The molecule has 1 aromatic heterocycles. The lowest BCUT2D eigenvalue weighted by Crippen LogP contribution is -2.13. The summed E-state index contributed by atoms with van der Waals surface area (Å²) in [4.78, 5) is 3.98. The van der Waals surface area contributed by atoms with E-state index in [0.29, 0.717) is 11.4 Å². The first-order valence-corrected chi connectivity index (χ1v) is 7.43. The van der Waals surface area contributed by atoms with E-state index in [9.17, 15) is 8.42 Å². The Morgan fingerprint density at radius 1 is 1.30 bits per heavy atom. The molecule has 7 heteroatoms. The number of rotatable bonds is 3. The van der Waals surface area contributed by atoms with Crippen molar-refractivity contribution in [2.45, 2.75) is 11.8 Å². The highest BCUT2D eigenvalue weighted by Crippen LogP contribution is 2.22. The van der Waals surface area contributed by atoms with Gasteiger partial charge in [-0.25, -0.2) is 8.42 Å². The Morgan fingerprint density at radius 2 is 2.05 bits per heavy atom. The van der Waals surface area contributed by atoms with Gasteiger partial charge < -0.3 is 0 Å². The van der Waals surface area contributed by atoms with Crippen molar-refractivity contribution in [1.82, 2.24) is 4.98 Å². The monoisotopic (exact) mass is 307 g/mol. The molecule has 0 aliphatic rings. The summed E-state index contributed by atoms with van der Waals surface area (Å²) in [6.45, 7) is 1.76. The Balaban J connectivity index is 2.36. The van der Waals surface area contributed by atoms with Crippen LogP contribution in [-0.2, 0) is 10.0 Å². The maximum atomic E-state index is 12.2. The zero-order valence-electron chi connectivity index (χ0n) is 10.5. The van der Waals surface area contributed by atoms with E-state index in [1.165, 1.54) is 24.4 Å². The largest absolute Gasteiger partial charge is 0.280 e. The third kappa shape index (κ3) is 3.07. The van der Waals surface area contributed by atoms with Crippen molar-refractivity contribution >= 4 is 27.3 Å². The van der Waals surface area contributed by atoms with Crippen molar-refractivity contribution in [1.29, 1.82) is 5.26 Å². The molecule has 2 aromatic rings. The van der Waals surface area contributed by atoms with Gasteiger partial charge in [0.1, 0.15) is 6.07 Å². The molecule has 0 aliphatic heterocycles. The molecule has 20 heavy (non-hydrogen) atoms. The minimum absolute atomic E-state index is 0.00374. The Morgan fingerprint density at radius 3 is 2.65 bits per heavy atom. The lowest BCUT2D eigenvalue weighted by molar-refractivity contribution is 0.601. The molecule has 0 fully saturated rings. The van der Waals surface area contributed by atoms with Crippen molar-refractivity contribution in [2.24, 2.45) is 0 Å². The zero-order valence-corrected chi connectivity index (χ0v) is 12.0. The van der Waals surface area contributed by atoms with E-state index in [4.69, 9.17) is 16.9 Å². The number of anilines is 1. The fourth-order valence-electron chi connectivity index (χ4n) is 1.58. The molecule has 2 rings (SSSR count). The number of pyridine rings is 1. The van der Waals surface area contributed by atoms with Gasteiger partial charge in [-0.05, 0) is 37.3 Å². The molecule has 1 N–H and O–H groups in total. The molecule has 102 valence electrons. The molecule has 0 aliphatic carbocycles. The molecule has 0 spiro atoms. The highest BCUT2D eigenvalue weighted by Gasteiger charge is 2.16. The molecule has 0 unspecified atom stereocenters. The Hall–Kier alpha value is -2.10. The number of nitriles is 1. The van der Waals surface area contributed by atoms with Gasteiger partial charge in [-0.3, -0.25) is 9.71 Å². The van der Waals surface area contributed by atoms with Crippen LogP contribution in [0.1, 0.15) is 11.3 Å². The number of nitrogens with zero attached hydrogens (tertiary/aromatic N) is 2. The summed E-state index contributed by atoms with van der Waals surface area (Å²) in [5.74, 6) is 0. The summed E-state index contributed by atoms with van der Waals surface area (Å²) in [5, 5.41) is 8.87. The van der Waals surface area contributed by atoms with Gasteiger partial charge in [-0.1, -0.05) is 11.6 Å². The Labute approximate surface area is 121 Å². The highest BCUT2D eigenvalue weighted by molar-refractivity contribution is 7.92. The second-order valence-corrected chi connectivity index (χ2v) is 6.13. The van der Waals surface area contributed by atoms with Crippen LogP contribution in [0.15, 0.2) is 41.4 Å². The van der Waals surface area contributed by atoms with Crippen LogP contribution in [0, 0.1) is 18.3 Å². The summed E-state index contributed by atoms with van der Waals surface area (Å²) in [6.07, 6.45) is 1.51. The molecular formula is C13H10ClN3O2S. The van der Waals surface area contributed by atoms with E-state index in [1.54, 1.807) is 19.1 Å². The van der Waals surface area contributed by atoms with Crippen molar-refractivity contribution in [3.63, 3.8) is 0 Å². The van der Waals surface area contributed by atoms with Gasteiger partial charge >= 0.3 is 0 Å². The molecule has 0 bridgehead atoms. The SMILES string of the molecule is Cc1cc(NS(=O)(=O)c2ccc(C#N)c(Cl)c2)ccn1. The fourth-order valence-corrected chi connectivity index (χ4v) is 2.94. The van der Waals surface area contributed by atoms with Gasteiger partial charge in [-0.2, -0.15) is 5.26 Å². The second kappa shape index (κ2) is 5.49. The normalized spacial score (nSPS) is 10.8. The van der Waals surface area contributed by atoms with Crippen LogP contribution in [0.25, 0.3) is 0 Å². The number of sulfonamides is 1. The first kappa shape index (κ1) is 14.3. The molecule has 0 radical (unpaired) electrons. The van der Waals surface area contributed by atoms with Crippen molar-refractivity contribution in [3.8, 4) is 6.07 Å². The van der Waals surface area contributed by atoms with E-state index in [0.717, 1.165) is 0 Å². The van der Waals surface area contributed by atoms with Crippen LogP contribution in [0.2, 0.25) is 5.02 Å². The topological polar surface area (TPSA) is 82.9 Å². The number of halogens is 1. The molecular weight excluding hydrogens is 298 g/mol. The highest BCUT2D eigenvalue weighted by atomic mass is 35.5. The average Bonchev–Trinajstić information content (AvgIpc) is 2.38. The summed E-state index contributed by atoms with van der Waals surface area (Å²) >= 11 is 5.84. The van der Waals surface area contributed by atoms with Gasteiger partial charge in [0.2, 0.25) is 0 Å². The summed E-state index contributed by atoms with van der Waals surface area (Å²) < 4.78 is 26.8. The van der Waals surface area contributed by atoms with E-state index in [-0.39, 0.29) is 15.5 Å². The predicted octanol–water partition coefficient (Wildman–Crippen LogP) is 2.72. The van der Waals surface area contributed by atoms with Crippen molar-refractivity contribution < 1.29 is 8.42 Å². The number of benzene rings is 1. The zero-order chi connectivity index (χ0) is 14.8. The minimum Gasteiger partial charge on any atom is -0.280 e. The Bertz CT molecular complexity index is 798. The number of hydrogen-bond acceptors (Lipinski definition) is 4. The number of aromatic nitrogens is 1. The molecule has 0 saturated carbocycles. The van der Waals surface area contributed by atoms with Gasteiger partial charge in [0.05, 0.1) is 21.2 Å². The van der Waals surface area contributed by atoms with Crippen molar-refractivity contribution in [2.75, 3.05) is 4.72 Å². The molecule has 0 amide bonds. The predicted molar refractivity (Wildman–Crippen MR) is 75.9 cm³/mol. The number of nitrogens with one attached hydrogen (secondary N) is 1. The quantitative estimate of drug-likeness (QED) is 0.945. The van der Waals surface area contributed by atoms with E-state index < -0.39 is 10.0 Å². The number of hydrogen-bond donors (Lipinski definition) is 1. The molecule has 1 heterocycles. The van der Waals surface area contributed by atoms with Crippen LogP contribution in [0.3, 0.4) is 0 Å². The van der Waals surface area contributed by atoms with E-state index in [1.807, 2.05) is 6.07 Å². The summed E-state index contributed by atoms with van der Waals surface area (Å²) in [6, 6.07) is 8.99. The third-order valence-electron chi connectivity index (χ3n) is 2.52. The Kier molecular flexibility index (Phi) is 3.93. The second-order valence-electron chi connectivity index (χ2n) is 4.04. The van der Waals surface area contributed by atoms with Crippen LogP contribution >= 0.6 is 11.6 Å². The van der Waals surface area contributed by atoms with Crippen LogP contribution in [0.5, 0.6) is 0 Å². The molecule has 0 atom stereocenters. The van der Waals surface area contributed by atoms with Gasteiger partial charge in [-0.15, -0.1) is 0 Å². The number of aryl methyl sites for hydroxylation is 1. The average molecular weight is 308 g/mol. The smallest absolute Gasteiger partial charge is 0.261 e. The summed E-state index contributed by atoms with van der Waals surface area (Å²) in [5.41, 5.74) is 1.34. The van der Waals surface area contributed by atoms with Gasteiger partial charge in [0.25, 0.3) is 10.0 Å². The summed E-state index contributed by atoms with van der Waals surface area (Å²) in [7, 11) is -3.75. The first-order chi connectivity index (χ1) is 9.42. The van der Waals surface area contributed by atoms with Crippen LogP contribution < -0.4 is 4.72 Å². The lowest BCUT2D eigenvalue weighted by Gasteiger charge is -2.09. The lowest BCUT2D eigenvalue weighted by atomic mass is 10.2. The van der Waals surface area contributed by atoms with E-state index in [2.05, 4.69) is 9.71 Å². The van der Waals surface area contributed by atoms with Gasteiger partial charge in [0, 0.05) is 11.9 Å². The van der Waals surface area contributed by atoms with Crippen LogP contribution in [-0.4, -0.2) is 13.4 Å². The maximum absolute atomic E-state index is 12.2. The molecule has 0 saturated heterocycles.